The molecule has 154 valence electrons. The van der Waals surface area contributed by atoms with Crippen LogP contribution in [0.2, 0.25) is 0 Å². The molecular weight excluding hydrogens is 382 g/mol. The Kier molecular flexibility index (Phi) is 5.99. The lowest BCUT2D eigenvalue weighted by Gasteiger charge is -2.30. The highest BCUT2D eigenvalue weighted by molar-refractivity contribution is 5.98. The summed E-state index contributed by atoms with van der Waals surface area (Å²) in [6.07, 6.45) is 1.85. The molecule has 0 amide bonds. The second kappa shape index (κ2) is 9.00. The molecule has 1 fully saturated rings. The van der Waals surface area contributed by atoms with Gasteiger partial charge in [-0.1, -0.05) is 47.6 Å². The third-order valence-electron chi connectivity index (χ3n) is 5.33. The molecule has 0 bridgehead atoms. The predicted octanol–water partition coefficient (Wildman–Crippen LogP) is 3.62. The number of piperidine rings is 1. The number of nitrogens with zero attached hydrogens (tertiary/aromatic N) is 3. The lowest BCUT2D eigenvalue weighted by Crippen LogP contribution is -2.38. The molecule has 4 rings (SSSR count). The number of hydrogen-bond donors (Lipinski definition) is 0. The first-order valence-electron chi connectivity index (χ1n) is 9.97. The van der Waals surface area contributed by atoms with Gasteiger partial charge in [0.05, 0.1) is 19.2 Å². The lowest BCUT2D eigenvalue weighted by molar-refractivity contribution is 0.0600. The molecule has 2 aromatic carbocycles. The van der Waals surface area contributed by atoms with Gasteiger partial charge in [-0.05, 0) is 31.5 Å². The summed E-state index contributed by atoms with van der Waals surface area (Å²) >= 11 is 0. The highest BCUT2D eigenvalue weighted by Crippen LogP contribution is 2.23. The third kappa shape index (κ3) is 4.46. The smallest absolute Gasteiger partial charge is 0.337 e. The first-order valence-corrected chi connectivity index (χ1v) is 9.97. The zero-order valence-electron chi connectivity index (χ0n) is 16.8. The number of hydrogen-bond acceptors (Lipinski definition) is 7. The van der Waals surface area contributed by atoms with Crippen LogP contribution in [0.25, 0.3) is 11.4 Å². The van der Waals surface area contributed by atoms with E-state index < -0.39 is 0 Å². The van der Waals surface area contributed by atoms with Gasteiger partial charge in [0, 0.05) is 23.6 Å². The fourth-order valence-corrected chi connectivity index (χ4v) is 3.75. The monoisotopic (exact) mass is 405 g/mol. The van der Waals surface area contributed by atoms with E-state index in [0.29, 0.717) is 30.4 Å². The van der Waals surface area contributed by atoms with E-state index in [1.807, 2.05) is 30.3 Å². The molecule has 1 atom stereocenters. The molecule has 0 saturated carbocycles. The zero-order valence-corrected chi connectivity index (χ0v) is 16.8. The van der Waals surface area contributed by atoms with Gasteiger partial charge < -0.3 is 9.26 Å². The van der Waals surface area contributed by atoms with Crippen LogP contribution in [0.1, 0.15) is 39.4 Å². The number of carbonyl (C=O) groups is 2. The average Bonchev–Trinajstić information content (AvgIpc) is 3.27. The summed E-state index contributed by atoms with van der Waals surface area (Å²) in [7, 11) is 1.35. The number of aromatic nitrogens is 2. The Morgan fingerprint density at radius 1 is 1.10 bits per heavy atom. The quantitative estimate of drug-likeness (QED) is 0.457. The van der Waals surface area contributed by atoms with Gasteiger partial charge in [0.2, 0.25) is 11.7 Å². The van der Waals surface area contributed by atoms with Crippen molar-refractivity contribution in [2.75, 3.05) is 20.2 Å². The SMILES string of the molecule is COC(=O)c1ccc(-c2noc(CN3CCCC(C(=O)c4ccccc4)C3)n2)cc1. The van der Waals surface area contributed by atoms with E-state index in [4.69, 9.17) is 9.26 Å². The summed E-state index contributed by atoms with van der Waals surface area (Å²) in [5, 5.41) is 4.05. The topological polar surface area (TPSA) is 85.5 Å². The van der Waals surface area contributed by atoms with Crippen molar-refractivity contribution in [2.45, 2.75) is 19.4 Å². The Morgan fingerprint density at radius 3 is 2.60 bits per heavy atom. The van der Waals surface area contributed by atoms with Crippen LogP contribution >= 0.6 is 0 Å². The van der Waals surface area contributed by atoms with Crippen molar-refractivity contribution >= 4 is 11.8 Å². The van der Waals surface area contributed by atoms with Crippen molar-refractivity contribution in [3.63, 3.8) is 0 Å². The summed E-state index contributed by atoms with van der Waals surface area (Å²) in [4.78, 5) is 31.0. The normalized spacial score (nSPS) is 16.9. The molecule has 1 aromatic heterocycles. The second-order valence-electron chi connectivity index (χ2n) is 7.39. The molecule has 1 unspecified atom stereocenters. The number of rotatable bonds is 6. The van der Waals surface area contributed by atoms with E-state index in [1.165, 1.54) is 7.11 Å². The number of esters is 1. The molecule has 30 heavy (non-hydrogen) atoms. The number of carbonyl (C=O) groups excluding carboxylic acids is 2. The molecule has 1 aliphatic rings. The van der Waals surface area contributed by atoms with E-state index in [1.54, 1.807) is 24.3 Å². The van der Waals surface area contributed by atoms with Crippen molar-refractivity contribution in [1.29, 1.82) is 0 Å². The van der Waals surface area contributed by atoms with Crippen LogP contribution in [0, 0.1) is 5.92 Å². The minimum absolute atomic E-state index is 0.0191. The van der Waals surface area contributed by atoms with E-state index in [2.05, 4.69) is 15.0 Å². The van der Waals surface area contributed by atoms with E-state index in [9.17, 15) is 9.59 Å². The highest BCUT2D eigenvalue weighted by atomic mass is 16.5. The van der Waals surface area contributed by atoms with Gasteiger partial charge in [-0.3, -0.25) is 9.69 Å². The summed E-state index contributed by atoms with van der Waals surface area (Å²) in [5.41, 5.74) is 1.99. The Morgan fingerprint density at radius 2 is 1.87 bits per heavy atom. The summed E-state index contributed by atoms with van der Waals surface area (Å²) < 4.78 is 10.1. The van der Waals surface area contributed by atoms with Crippen LogP contribution in [-0.4, -0.2) is 47.0 Å². The molecule has 3 aromatic rings. The van der Waals surface area contributed by atoms with Crippen LogP contribution in [0.15, 0.2) is 59.1 Å². The van der Waals surface area contributed by atoms with Gasteiger partial charge in [0.25, 0.3) is 0 Å². The molecular formula is C23H23N3O4. The van der Waals surface area contributed by atoms with Gasteiger partial charge in [-0.25, -0.2) is 4.79 Å². The Balaban J connectivity index is 1.40. The minimum Gasteiger partial charge on any atom is -0.465 e. The molecule has 0 N–H and O–H groups in total. The molecule has 0 spiro atoms. The van der Waals surface area contributed by atoms with Crippen molar-refractivity contribution in [2.24, 2.45) is 5.92 Å². The molecule has 7 nitrogen and oxygen atoms in total. The number of methoxy groups -OCH3 is 1. The largest absolute Gasteiger partial charge is 0.465 e. The van der Waals surface area contributed by atoms with E-state index in [0.717, 1.165) is 30.5 Å². The van der Waals surface area contributed by atoms with E-state index in [-0.39, 0.29) is 17.7 Å². The maximum absolute atomic E-state index is 12.8. The Labute approximate surface area is 174 Å². The molecule has 7 heteroatoms. The van der Waals surface area contributed by atoms with Gasteiger partial charge in [0.15, 0.2) is 5.78 Å². The first-order chi connectivity index (χ1) is 14.6. The van der Waals surface area contributed by atoms with Crippen molar-refractivity contribution < 1.29 is 18.8 Å². The Hall–Kier alpha value is -3.32. The fraction of sp³-hybridized carbons (Fsp3) is 0.304. The van der Waals surface area contributed by atoms with Crippen LogP contribution in [0.4, 0.5) is 0 Å². The fourth-order valence-electron chi connectivity index (χ4n) is 3.75. The van der Waals surface area contributed by atoms with Gasteiger partial charge in [0.1, 0.15) is 0 Å². The summed E-state index contributed by atoms with van der Waals surface area (Å²) in [6.45, 7) is 2.08. The third-order valence-corrected chi connectivity index (χ3v) is 5.33. The highest BCUT2D eigenvalue weighted by Gasteiger charge is 2.27. The lowest BCUT2D eigenvalue weighted by atomic mass is 9.90. The van der Waals surface area contributed by atoms with Crippen molar-refractivity contribution in [3.05, 3.63) is 71.6 Å². The van der Waals surface area contributed by atoms with E-state index >= 15 is 0 Å². The second-order valence-corrected chi connectivity index (χ2v) is 7.39. The van der Waals surface area contributed by atoms with Crippen LogP contribution in [-0.2, 0) is 11.3 Å². The van der Waals surface area contributed by atoms with Crippen LogP contribution < -0.4 is 0 Å². The minimum atomic E-state index is -0.389. The Bertz CT molecular complexity index is 1010. The number of ether oxygens (including phenoxy) is 1. The standard InChI is InChI=1S/C23H23N3O4/c1-29-23(28)18-11-9-17(10-12-18)22-24-20(30-25-22)15-26-13-5-8-19(14-26)21(27)16-6-3-2-4-7-16/h2-4,6-7,9-12,19H,5,8,13-15H2,1H3. The molecule has 1 aliphatic heterocycles. The van der Waals surface area contributed by atoms with Crippen LogP contribution in [0.3, 0.4) is 0 Å². The zero-order chi connectivity index (χ0) is 20.9. The molecule has 1 saturated heterocycles. The van der Waals surface area contributed by atoms with Gasteiger partial charge >= 0.3 is 5.97 Å². The van der Waals surface area contributed by atoms with Crippen molar-refractivity contribution in [1.82, 2.24) is 15.0 Å². The number of Topliss-reactive ketones (excluding diaryl/α,β-unsaturated/α-hetero) is 1. The van der Waals surface area contributed by atoms with Gasteiger partial charge in [-0.2, -0.15) is 4.98 Å². The predicted molar refractivity (Wildman–Crippen MR) is 110 cm³/mol. The number of ketones is 1. The number of benzene rings is 2. The first kappa shape index (κ1) is 20.0. The molecule has 0 radical (unpaired) electrons. The summed E-state index contributed by atoms with van der Waals surface area (Å²) in [6, 6.07) is 16.3. The molecule has 0 aliphatic carbocycles. The molecule has 2 heterocycles. The average molecular weight is 405 g/mol. The number of likely N-dealkylation sites (tertiary alicyclic amines) is 1. The van der Waals surface area contributed by atoms with Gasteiger partial charge in [-0.15, -0.1) is 0 Å². The van der Waals surface area contributed by atoms with Crippen molar-refractivity contribution in [3.8, 4) is 11.4 Å². The summed E-state index contributed by atoms with van der Waals surface area (Å²) in [5.74, 6) is 0.761. The van der Waals surface area contributed by atoms with Crippen LogP contribution in [0.5, 0.6) is 0 Å². The maximum Gasteiger partial charge on any atom is 0.337 e. The maximum atomic E-state index is 12.8.